The Bertz CT molecular complexity index is 470. The molecule has 0 spiro atoms. The van der Waals surface area contributed by atoms with Crippen molar-refractivity contribution in [3.8, 4) is 5.88 Å². The van der Waals surface area contributed by atoms with Crippen LogP contribution >= 0.6 is 11.6 Å². The van der Waals surface area contributed by atoms with Crippen LogP contribution in [0.15, 0.2) is 12.3 Å². The van der Waals surface area contributed by atoms with Crippen molar-refractivity contribution in [2.45, 2.75) is 71.6 Å². The van der Waals surface area contributed by atoms with Crippen molar-refractivity contribution in [1.82, 2.24) is 10.3 Å². The highest BCUT2D eigenvalue weighted by Gasteiger charge is 2.21. The Morgan fingerprint density at radius 1 is 1.38 bits per heavy atom. The first kappa shape index (κ1) is 16.6. The Morgan fingerprint density at radius 3 is 2.76 bits per heavy atom. The van der Waals surface area contributed by atoms with Gasteiger partial charge in [0.25, 0.3) is 0 Å². The zero-order chi connectivity index (χ0) is 15.5. The zero-order valence-corrected chi connectivity index (χ0v) is 14.3. The summed E-state index contributed by atoms with van der Waals surface area (Å²) in [6.07, 6.45) is 6.86. The van der Waals surface area contributed by atoms with Crippen LogP contribution in [0.5, 0.6) is 5.88 Å². The molecule has 118 valence electrons. The summed E-state index contributed by atoms with van der Waals surface area (Å²) in [6, 6.07) is 1.95. The Kier molecular flexibility index (Phi) is 5.50. The maximum Gasteiger partial charge on any atom is 0.232 e. The first-order valence-corrected chi connectivity index (χ1v) is 8.27. The summed E-state index contributed by atoms with van der Waals surface area (Å²) in [4.78, 5) is 4.40. The molecule has 1 aromatic heterocycles. The molecule has 0 amide bonds. The van der Waals surface area contributed by atoms with E-state index in [1.54, 1.807) is 0 Å². The molecule has 1 fully saturated rings. The molecular weight excluding hydrogens is 284 g/mol. The molecule has 2 rings (SSSR count). The number of rotatable bonds is 4. The minimum atomic E-state index is 0.0832. The van der Waals surface area contributed by atoms with Gasteiger partial charge in [-0.1, -0.05) is 24.9 Å². The molecule has 4 heteroatoms. The topological polar surface area (TPSA) is 34.1 Å². The minimum absolute atomic E-state index is 0.0832. The van der Waals surface area contributed by atoms with E-state index in [0.29, 0.717) is 10.9 Å². The molecule has 0 radical (unpaired) electrons. The third-order valence-electron chi connectivity index (χ3n) is 3.85. The summed E-state index contributed by atoms with van der Waals surface area (Å²) in [5.41, 5.74) is 1.17. The number of aromatic nitrogens is 1. The smallest absolute Gasteiger partial charge is 0.232 e. The van der Waals surface area contributed by atoms with Gasteiger partial charge in [-0.25, -0.2) is 4.98 Å². The molecule has 2 atom stereocenters. The van der Waals surface area contributed by atoms with Crippen LogP contribution in [0.1, 0.15) is 58.9 Å². The second-order valence-electron chi connectivity index (χ2n) is 7.25. The lowest BCUT2D eigenvalue weighted by Crippen LogP contribution is -2.35. The monoisotopic (exact) mass is 310 g/mol. The van der Waals surface area contributed by atoms with E-state index in [1.807, 2.05) is 12.3 Å². The van der Waals surface area contributed by atoms with Gasteiger partial charge in [0.2, 0.25) is 5.88 Å². The Hall–Kier alpha value is -0.800. The van der Waals surface area contributed by atoms with Crippen LogP contribution in [0.3, 0.4) is 0 Å². The van der Waals surface area contributed by atoms with Gasteiger partial charge in [0, 0.05) is 18.3 Å². The van der Waals surface area contributed by atoms with E-state index in [4.69, 9.17) is 16.3 Å². The summed E-state index contributed by atoms with van der Waals surface area (Å²) < 4.78 is 5.99. The number of hydrogen-bond donors (Lipinski definition) is 1. The number of ether oxygens (including phenoxy) is 1. The van der Waals surface area contributed by atoms with Crippen molar-refractivity contribution in [2.24, 2.45) is 5.92 Å². The van der Waals surface area contributed by atoms with Crippen LogP contribution in [-0.4, -0.2) is 16.6 Å². The maximum absolute atomic E-state index is 6.32. The third kappa shape index (κ3) is 5.48. The lowest BCUT2D eigenvalue weighted by atomic mass is 9.89. The highest BCUT2D eigenvalue weighted by Crippen LogP contribution is 2.30. The number of nitrogens with zero attached hydrogens (tertiary/aromatic N) is 1. The molecule has 0 aliphatic heterocycles. The van der Waals surface area contributed by atoms with Crippen LogP contribution < -0.4 is 10.1 Å². The highest BCUT2D eigenvalue weighted by molar-refractivity contribution is 6.31. The number of nitrogens with one attached hydrogen (secondary N) is 1. The third-order valence-corrected chi connectivity index (χ3v) is 4.12. The molecule has 1 saturated carbocycles. The first-order valence-electron chi connectivity index (χ1n) is 7.89. The predicted octanol–water partition coefficient (Wildman–Crippen LogP) is 4.58. The molecule has 2 unspecified atom stereocenters. The maximum atomic E-state index is 6.32. The molecule has 1 aromatic rings. The largest absolute Gasteiger partial charge is 0.473 e. The van der Waals surface area contributed by atoms with Crippen molar-refractivity contribution in [2.75, 3.05) is 0 Å². The fourth-order valence-electron chi connectivity index (χ4n) is 2.66. The number of pyridine rings is 1. The van der Waals surface area contributed by atoms with Gasteiger partial charge in [-0.15, -0.1) is 0 Å². The van der Waals surface area contributed by atoms with Gasteiger partial charge >= 0.3 is 0 Å². The number of hydrogen-bond acceptors (Lipinski definition) is 3. The highest BCUT2D eigenvalue weighted by atomic mass is 35.5. The first-order chi connectivity index (χ1) is 9.83. The molecule has 0 aromatic carbocycles. The van der Waals surface area contributed by atoms with Gasteiger partial charge in [0.15, 0.2) is 0 Å². The van der Waals surface area contributed by atoms with E-state index in [-0.39, 0.29) is 11.6 Å². The lowest BCUT2D eigenvalue weighted by molar-refractivity contribution is 0.124. The van der Waals surface area contributed by atoms with Crippen LogP contribution in [-0.2, 0) is 6.54 Å². The van der Waals surface area contributed by atoms with Gasteiger partial charge in [-0.05, 0) is 57.6 Å². The lowest BCUT2D eigenvalue weighted by Gasteiger charge is -2.27. The fraction of sp³-hybridized carbons (Fsp3) is 0.706. The van der Waals surface area contributed by atoms with E-state index in [2.05, 4.69) is 38.0 Å². The second-order valence-corrected chi connectivity index (χ2v) is 7.65. The molecule has 1 aliphatic carbocycles. The molecule has 21 heavy (non-hydrogen) atoms. The average Bonchev–Trinajstić information content (AvgIpc) is 2.38. The molecule has 1 N–H and O–H groups in total. The predicted molar refractivity (Wildman–Crippen MR) is 87.9 cm³/mol. The van der Waals surface area contributed by atoms with E-state index < -0.39 is 0 Å². The normalized spacial score (nSPS) is 23.1. The quantitative estimate of drug-likeness (QED) is 0.884. The van der Waals surface area contributed by atoms with Gasteiger partial charge in [0.05, 0.1) is 0 Å². The van der Waals surface area contributed by atoms with Crippen molar-refractivity contribution < 1.29 is 4.74 Å². The molecule has 0 bridgehead atoms. The molecular formula is C17H27ClN2O. The van der Waals surface area contributed by atoms with E-state index in [0.717, 1.165) is 30.9 Å². The summed E-state index contributed by atoms with van der Waals surface area (Å²) >= 11 is 6.32. The fourth-order valence-corrected chi connectivity index (χ4v) is 2.89. The van der Waals surface area contributed by atoms with E-state index >= 15 is 0 Å². The average molecular weight is 311 g/mol. The van der Waals surface area contributed by atoms with Gasteiger partial charge in [0.1, 0.15) is 11.1 Å². The molecule has 1 aliphatic rings. The van der Waals surface area contributed by atoms with Crippen molar-refractivity contribution in [3.63, 3.8) is 0 Å². The Balaban J connectivity index is 1.95. The SMILES string of the molecule is CC1CCCC(Oc2ncc(CNC(C)(C)C)cc2Cl)C1. The minimum Gasteiger partial charge on any atom is -0.473 e. The van der Waals surface area contributed by atoms with Crippen molar-refractivity contribution >= 4 is 11.6 Å². The van der Waals surface area contributed by atoms with Gasteiger partial charge in [-0.2, -0.15) is 0 Å². The zero-order valence-electron chi connectivity index (χ0n) is 13.6. The second kappa shape index (κ2) is 6.97. The summed E-state index contributed by atoms with van der Waals surface area (Å²) in [5.74, 6) is 1.31. The summed E-state index contributed by atoms with van der Waals surface area (Å²) in [7, 11) is 0. The van der Waals surface area contributed by atoms with E-state index in [1.165, 1.54) is 12.8 Å². The molecule has 1 heterocycles. The molecule has 3 nitrogen and oxygen atoms in total. The standard InChI is InChI=1S/C17H27ClN2O/c1-12-6-5-7-14(8-12)21-16-15(18)9-13(10-19-16)11-20-17(2,3)4/h9-10,12,14,20H,5-8,11H2,1-4H3. The Labute approximate surface area is 133 Å². The Morgan fingerprint density at radius 2 is 2.14 bits per heavy atom. The van der Waals surface area contributed by atoms with Crippen molar-refractivity contribution in [3.05, 3.63) is 22.8 Å². The van der Waals surface area contributed by atoms with Gasteiger partial charge in [-0.3, -0.25) is 0 Å². The van der Waals surface area contributed by atoms with Crippen LogP contribution in [0, 0.1) is 5.92 Å². The summed E-state index contributed by atoms with van der Waals surface area (Å²) in [5, 5.41) is 4.05. The number of halogens is 1. The molecule has 0 saturated heterocycles. The van der Waals surface area contributed by atoms with Crippen LogP contribution in [0.4, 0.5) is 0 Å². The summed E-state index contributed by atoms with van der Waals surface area (Å²) in [6.45, 7) is 9.47. The van der Waals surface area contributed by atoms with Gasteiger partial charge < -0.3 is 10.1 Å². The van der Waals surface area contributed by atoms with Crippen molar-refractivity contribution in [1.29, 1.82) is 0 Å². The van der Waals surface area contributed by atoms with Crippen LogP contribution in [0.2, 0.25) is 5.02 Å². The van der Waals surface area contributed by atoms with E-state index in [9.17, 15) is 0 Å². The van der Waals surface area contributed by atoms with Crippen LogP contribution in [0.25, 0.3) is 0 Å².